The number of hydrogen-bond donors (Lipinski definition) is 2. The Bertz CT molecular complexity index is 704. The molecule has 3 N–H and O–H groups in total. The number of aryl methyl sites for hydroxylation is 2. The summed E-state index contributed by atoms with van der Waals surface area (Å²) in [6, 6.07) is 7.35. The number of ether oxygens (including phenoxy) is 1. The van der Waals surface area contributed by atoms with Crippen LogP contribution in [0.5, 0.6) is 5.75 Å². The Labute approximate surface area is 134 Å². The number of pyridine rings is 1. The van der Waals surface area contributed by atoms with E-state index in [1.54, 1.807) is 19.2 Å². The highest BCUT2D eigenvalue weighted by Crippen LogP contribution is 2.30. The summed E-state index contributed by atoms with van der Waals surface area (Å²) in [6.45, 7) is 3.87. The molecular weight excluding hydrogens is 306 g/mol. The second kappa shape index (κ2) is 6.28. The van der Waals surface area contributed by atoms with E-state index >= 15 is 0 Å². The van der Waals surface area contributed by atoms with Gasteiger partial charge in [0.25, 0.3) is 0 Å². The van der Waals surface area contributed by atoms with Gasteiger partial charge in [0.2, 0.25) is 0 Å². The van der Waals surface area contributed by atoms with E-state index in [1.165, 1.54) is 0 Å². The predicted molar refractivity (Wildman–Crippen MR) is 90.9 cm³/mol. The molecule has 1 aromatic carbocycles. The normalized spacial score (nSPS) is 10.3. The molecule has 0 radical (unpaired) electrons. The lowest BCUT2D eigenvalue weighted by atomic mass is 10.1. The molecule has 0 unspecified atom stereocenters. The molecule has 0 aliphatic heterocycles. The van der Waals surface area contributed by atoms with Crippen LogP contribution < -0.4 is 15.8 Å². The Morgan fingerprint density at radius 1 is 1.33 bits per heavy atom. The monoisotopic (exact) mass is 321 g/mol. The van der Waals surface area contributed by atoms with E-state index in [4.69, 9.17) is 34.3 Å². The molecule has 0 aliphatic carbocycles. The van der Waals surface area contributed by atoms with E-state index in [1.807, 2.05) is 26.0 Å². The number of nitrogens with two attached hydrogens (primary N) is 1. The molecule has 2 rings (SSSR count). The lowest BCUT2D eigenvalue weighted by Gasteiger charge is -2.14. The summed E-state index contributed by atoms with van der Waals surface area (Å²) in [7, 11) is 1.57. The molecular formula is C15H16ClN3OS. The predicted octanol–water partition coefficient (Wildman–Crippen LogP) is 3.74. The summed E-state index contributed by atoms with van der Waals surface area (Å²) < 4.78 is 5.13. The Balaban J connectivity index is 2.44. The molecule has 21 heavy (non-hydrogen) atoms. The first-order valence-electron chi connectivity index (χ1n) is 6.31. The molecule has 6 heteroatoms. The third kappa shape index (κ3) is 3.43. The molecule has 0 saturated heterocycles. The van der Waals surface area contributed by atoms with Gasteiger partial charge in [0, 0.05) is 11.4 Å². The van der Waals surface area contributed by atoms with Gasteiger partial charge in [0.1, 0.15) is 16.6 Å². The minimum absolute atomic E-state index is 0.308. The van der Waals surface area contributed by atoms with Gasteiger partial charge in [-0.1, -0.05) is 23.8 Å². The summed E-state index contributed by atoms with van der Waals surface area (Å²) in [5.74, 6) is 1.24. The van der Waals surface area contributed by atoms with Crippen molar-refractivity contribution in [2.75, 3.05) is 12.4 Å². The van der Waals surface area contributed by atoms with E-state index in [2.05, 4.69) is 10.3 Å². The summed E-state index contributed by atoms with van der Waals surface area (Å²) >= 11 is 11.2. The van der Waals surface area contributed by atoms with Crippen molar-refractivity contribution < 1.29 is 4.74 Å². The SMILES string of the molecule is COc1ccc(Nc2nc(C)cc(C)c2C(N)=S)cc1Cl. The van der Waals surface area contributed by atoms with Crippen LogP contribution in [0.15, 0.2) is 24.3 Å². The van der Waals surface area contributed by atoms with Crippen molar-refractivity contribution >= 4 is 40.3 Å². The van der Waals surface area contributed by atoms with Gasteiger partial charge in [-0.3, -0.25) is 0 Å². The largest absolute Gasteiger partial charge is 0.495 e. The van der Waals surface area contributed by atoms with E-state index in [9.17, 15) is 0 Å². The van der Waals surface area contributed by atoms with Gasteiger partial charge in [-0.15, -0.1) is 0 Å². The maximum Gasteiger partial charge on any atom is 0.141 e. The van der Waals surface area contributed by atoms with Crippen LogP contribution >= 0.6 is 23.8 Å². The first kappa shape index (κ1) is 15.5. The van der Waals surface area contributed by atoms with Gasteiger partial charge in [0.15, 0.2) is 0 Å². The average molecular weight is 322 g/mol. The van der Waals surface area contributed by atoms with E-state index in [0.29, 0.717) is 21.6 Å². The van der Waals surface area contributed by atoms with Crippen LogP contribution in [0.3, 0.4) is 0 Å². The van der Waals surface area contributed by atoms with Crippen molar-refractivity contribution in [1.29, 1.82) is 0 Å². The lowest BCUT2D eigenvalue weighted by molar-refractivity contribution is 0.415. The van der Waals surface area contributed by atoms with Crippen LogP contribution in [0.2, 0.25) is 5.02 Å². The Hall–Kier alpha value is -1.85. The minimum Gasteiger partial charge on any atom is -0.495 e. The topological polar surface area (TPSA) is 60.2 Å². The van der Waals surface area contributed by atoms with E-state index < -0.39 is 0 Å². The molecule has 1 heterocycles. The average Bonchev–Trinajstić information content (AvgIpc) is 2.37. The first-order valence-corrected chi connectivity index (χ1v) is 7.09. The van der Waals surface area contributed by atoms with Crippen molar-refractivity contribution in [3.05, 3.63) is 46.1 Å². The van der Waals surface area contributed by atoms with Crippen molar-refractivity contribution in [3.63, 3.8) is 0 Å². The Morgan fingerprint density at radius 3 is 2.62 bits per heavy atom. The summed E-state index contributed by atoms with van der Waals surface area (Å²) in [6.07, 6.45) is 0. The molecule has 0 bridgehead atoms. The number of thiocarbonyl (C=S) groups is 1. The minimum atomic E-state index is 0.308. The zero-order valence-electron chi connectivity index (χ0n) is 12.0. The van der Waals surface area contributed by atoms with Gasteiger partial charge in [-0.25, -0.2) is 4.98 Å². The van der Waals surface area contributed by atoms with Crippen molar-refractivity contribution in [2.45, 2.75) is 13.8 Å². The number of rotatable bonds is 4. The fourth-order valence-corrected chi connectivity index (χ4v) is 2.63. The Kier molecular flexibility index (Phi) is 4.65. The number of halogens is 1. The fourth-order valence-electron chi connectivity index (χ4n) is 2.12. The quantitative estimate of drug-likeness (QED) is 0.840. The van der Waals surface area contributed by atoms with Crippen molar-refractivity contribution in [2.24, 2.45) is 5.73 Å². The van der Waals surface area contributed by atoms with Gasteiger partial charge < -0.3 is 15.8 Å². The number of aromatic nitrogens is 1. The molecule has 1 aromatic heterocycles. The maximum absolute atomic E-state index is 6.12. The number of methoxy groups -OCH3 is 1. The molecule has 2 aromatic rings. The zero-order valence-corrected chi connectivity index (χ0v) is 13.6. The third-order valence-corrected chi connectivity index (χ3v) is 3.51. The van der Waals surface area contributed by atoms with Crippen molar-refractivity contribution in [3.8, 4) is 5.75 Å². The molecule has 4 nitrogen and oxygen atoms in total. The summed E-state index contributed by atoms with van der Waals surface area (Å²) in [5, 5.41) is 3.73. The highest BCUT2D eigenvalue weighted by molar-refractivity contribution is 7.80. The van der Waals surface area contributed by atoms with Crippen LogP contribution in [-0.2, 0) is 0 Å². The van der Waals surface area contributed by atoms with Crippen LogP contribution in [0.1, 0.15) is 16.8 Å². The van der Waals surface area contributed by atoms with Gasteiger partial charge >= 0.3 is 0 Å². The molecule has 0 spiro atoms. The van der Waals surface area contributed by atoms with Crippen LogP contribution in [0.4, 0.5) is 11.5 Å². The zero-order chi connectivity index (χ0) is 15.6. The summed E-state index contributed by atoms with van der Waals surface area (Å²) in [5.41, 5.74) is 9.19. The van der Waals surface area contributed by atoms with Crippen molar-refractivity contribution in [1.82, 2.24) is 4.98 Å². The molecule has 0 amide bonds. The van der Waals surface area contributed by atoms with Crippen LogP contribution in [0.25, 0.3) is 0 Å². The highest BCUT2D eigenvalue weighted by Gasteiger charge is 2.12. The summed E-state index contributed by atoms with van der Waals surface area (Å²) in [4.78, 5) is 4.78. The number of nitrogens with zero attached hydrogens (tertiary/aromatic N) is 1. The number of anilines is 2. The third-order valence-electron chi connectivity index (χ3n) is 3.01. The molecule has 0 saturated carbocycles. The van der Waals surface area contributed by atoms with E-state index in [-0.39, 0.29) is 0 Å². The molecule has 0 fully saturated rings. The standard InChI is InChI=1S/C15H16ClN3OS/c1-8-6-9(2)18-15(13(8)14(17)21)19-10-4-5-12(20-3)11(16)7-10/h4-7H,1-3H3,(H2,17,21)(H,18,19). The molecule has 0 atom stereocenters. The Morgan fingerprint density at radius 2 is 2.05 bits per heavy atom. The molecule has 110 valence electrons. The lowest BCUT2D eigenvalue weighted by Crippen LogP contribution is -2.15. The second-order valence-corrected chi connectivity index (χ2v) is 5.49. The van der Waals surface area contributed by atoms with Gasteiger partial charge in [-0.2, -0.15) is 0 Å². The molecule has 0 aliphatic rings. The smallest absolute Gasteiger partial charge is 0.141 e. The van der Waals surface area contributed by atoms with Gasteiger partial charge in [-0.05, 0) is 43.7 Å². The number of nitrogens with one attached hydrogen (secondary N) is 1. The van der Waals surface area contributed by atoms with E-state index in [0.717, 1.165) is 22.5 Å². The first-order chi connectivity index (χ1) is 9.92. The highest BCUT2D eigenvalue weighted by atomic mass is 35.5. The van der Waals surface area contributed by atoms with Gasteiger partial charge in [0.05, 0.1) is 17.7 Å². The van der Waals surface area contributed by atoms with Crippen LogP contribution in [0, 0.1) is 13.8 Å². The van der Waals surface area contributed by atoms with Crippen LogP contribution in [-0.4, -0.2) is 17.1 Å². The number of benzene rings is 1. The fraction of sp³-hybridized carbons (Fsp3) is 0.200. The maximum atomic E-state index is 6.12. The number of hydrogen-bond acceptors (Lipinski definition) is 4. The second-order valence-electron chi connectivity index (χ2n) is 4.64.